The van der Waals surface area contributed by atoms with E-state index in [9.17, 15) is 0 Å². The van der Waals surface area contributed by atoms with E-state index in [0.29, 0.717) is 0 Å². The summed E-state index contributed by atoms with van der Waals surface area (Å²) in [4.78, 5) is 2.45. The number of hydrogen-bond donors (Lipinski definition) is 2. The maximum atomic E-state index is 5.81. The van der Waals surface area contributed by atoms with Crippen LogP contribution in [-0.4, -0.2) is 29.6 Å². The summed E-state index contributed by atoms with van der Waals surface area (Å²) in [6.07, 6.45) is 0.945. The van der Waals surface area contributed by atoms with E-state index in [4.69, 9.17) is 5.84 Å². The number of nitrogens with one attached hydrogen (secondary N) is 1. The molecule has 0 radical (unpaired) electrons. The van der Waals surface area contributed by atoms with E-state index < -0.39 is 0 Å². The zero-order valence-electron chi connectivity index (χ0n) is 13.0. The average Bonchev–Trinajstić information content (AvgIpc) is 2.38. The minimum atomic E-state index is 0.0309. The van der Waals surface area contributed by atoms with E-state index in [1.165, 1.54) is 11.1 Å². The minimum Gasteiger partial charge on any atom is -0.297 e. The smallest absolute Gasteiger partial charge is 0.0429 e. The van der Waals surface area contributed by atoms with Gasteiger partial charge in [-0.05, 0) is 45.8 Å². The van der Waals surface area contributed by atoms with Crippen molar-refractivity contribution in [2.24, 2.45) is 5.84 Å². The zero-order valence-corrected chi connectivity index (χ0v) is 13.0. The van der Waals surface area contributed by atoms with Crippen LogP contribution in [0.2, 0.25) is 0 Å². The lowest BCUT2D eigenvalue weighted by atomic mass is 9.87. The molecule has 1 aromatic rings. The average molecular weight is 263 g/mol. The van der Waals surface area contributed by atoms with Crippen LogP contribution >= 0.6 is 0 Å². The molecule has 0 saturated carbocycles. The molecular formula is C16H29N3. The molecule has 3 heteroatoms. The lowest BCUT2D eigenvalue weighted by molar-refractivity contribution is 0.0912. The van der Waals surface area contributed by atoms with Crippen LogP contribution in [0.4, 0.5) is 0 Å². The molecule has 0 aromatic heterocycles. The van der Waals surface area contributed by atoms with Gasteiger partial charge in [-0.25, -0.2) is 0 Å². The molecule has 1 atom stereocenters. The highest BCUT2D eigenvalue weighted by atomic mass is 15.3. The lowest BCUT2D eigenvalue weighted by Gasteiger charge is -2.43. The van der Waals surface area contributed by atoms with Gasteiger partial charge in [0.05, 0.1) is 0 Å². The lowest BCUT2D eigenvalue weighted by Crippen LogP contribution is -2.60. The Morgan fingerprint density at radius 1 is 1.16 bits per heavy atom. The van der Waals surface area contributed by atoms with E-state index in [2.05, 4.69) is 69.2 Å². The first-order valence-electron chi connectivity index (χ1n) is 7.22. The fraction of sp³-hybridized carbons (Fsp3) is 0.625. The van der Waals surface area contributed by atoms with E-state index in [0.717, 1.165) is 19.5 Å². The van der Waals surface area contributed by atoms with E-state index in [1.54, 1.807) is 0 Å². The highest BCUT2D eigenvalue weighted by molar-refractivity contribution is 5.22. The van der Waals surface area contributed by atoms with Gasteiger partial charge >= 0.3 is 0 Å². The summed E-state index contributed by atoms with van der Waals surface area (Å²) < 4.78 is 0. The third-order valence-corrected chi connectivity index (χ3v) is 4.19. The fourth-order valence-corrected chi connectivity index (χ4v) is 2.73. The number of likely N-dealkylation sites (N-methyl/N-ethyl adjacent to an activating group) is 1. The predicted octanol–water partition coefficient (Wildman–Crippen LogP) is 2.49. The van der Waals surface area contributed by atoms with Crippen LogP contribution < -0.4 is 11.3 Å². The molecule has 0 amide bonds. The molecule has 0 aliphatic rings. The third-order valence-electron chi connectivity index (χ3n) is 4.19. The van der Waals surface area contributed by atoms with Crippen molar-refractivity contribution in [1.29, 1.82) is 0 Å². The first kappa shape index (κ1) is 16.2. The van der Waals surface area contributed by atoms with Crippen molar-refractivity contribution in [2.45, 2.75) is 52.6 Å². The molecule has 19 heavy (non-hydrogen) atoms. The van der Waals surface area contributed by atoms with Crippen LogP contribution in [0.25, 0.3) is 0 Å². The highest BCUT2D eigenvalue weighted by Gasteiger charge is 2.33. The van der Waals surface area contributed by atoms with E-state index in [1.807, 2.05) is 0 Å². The molecule has 0 aliphatic carbocycles. The Morgan fingerprint density at radius 3 is 2.11 bits per heavy atom. The van der Waals surface area contributed by atoms with Gasteiger partial charge in [-0.1, -0.05) is 43.7 Å². The molecule has 3 nitrogen and oxygen atoms in total. The van der Waals surface area contributed by atoms with Crippen molar-refractivity contribution in [3.05, 3.63) is 35.4 Å². The van der Waals surface area contributed by atoms with Crippen LogP contribution in [0, 0.1) is 6.92 Å². The summed E-state index contributed by atoms with van der Waals surface area (Å²) in [7, 11) is 0. The van der Waals surface area contributed by atoms with Gasteiger partial charge < -0.3 is 0 Å². The van der Waals surface area contributed by atoms with Crippen LogP contribution in [0.3, 0.4) is 0 Å². The molecule has 1 unspecified atom stereocenters. The van der Waals surface area contributed by atoms with Crippen LogP contribution in [0.5, 0.6) is 0 Å². The molecule has 0 spiro atoms. The minimum absolute atomic E-state index is 0.0309. The van der Waals surface area contributed by atoms with Crippen molar-refractivity contribution in [3.63, 3.8) is 0 Å². The molecule has 0 heterocycles. The summed E-state index contributed by atoms with van der Waals surface area (Å²) in [5, 5.41) is 0. The summed E-state index contributed by atoms with van der Waals surface area (Å²) in [5.74, 6) is 5.81. The van der Waals surface area contributed by atoms with Crippen molar-refractivity contribution in [3.8, 4) is 0 Å². The van der Waals surface area contributed by atoms with Crippen LogP contribution in [-0.2, 0) is 6.42 Å². The van der Waals surface area contributed by atoms with Crippen molar-refractivity contribution < 1.29 is 0 Å². The number of hydrogen-bond acceptors (Lipinski definition) is 3. The largest absolute Gasteiger partial charge is 0.297 e. The SMILES string of the molecule is CCN(CC)C(C)(C)C(Cc1ccc(C)cc1)NN. The van der Waals surface area contributed by atoms with Crippen molar-refractivity contribution in [2.75, 3.05) is 13.1 Å². The molecule has 108 valence electrons. The summed E-state index contributed by atoms with van der Waals surface area (Å²) in [6, 6.07) is 8.94. The number of hydrazine groups is 1. The molecule has 0 aliphatic heterocycles. The Labute approximate surface area is 118 Å². The molecule has 0 saturated heterocycles. The molecule has 0 bridgehead atoms. The molecule has 0 fully saturated rings. The number of rotatable bonds is 7. The third kappa shape index (κ3) is 4.03. The second kappa shape index (κ2) is 7.04. The van der Waals surface area contributed by atoms with Gasteiger partial charge in [-0.15, -0.1) is 0 Å². The summed E-state index contributed by atoms with van der Waals surface area (Å²) in [6.45, 7) is 13.1. The molecular weight excluding hydrogens is 234 g/mol. The second-order valence-electron chi connectivity index (χ2n) is 5.73. The van der Waals surface area contributed by atoms with Crippen molar-refractivity contribution >= 4 is 0 Å². The quantitative estimate of drug-likeness (QED) is 0.586. The van der Waals surface area contributed by atoms with Crippen LogP contribution in [0.15, 0.2) is 24.3 Å². The van der Waals surface area contributed by atoms with Crippen LogP contribution in [0.1, 0.15) is 38.8 Å². The maximum absolute atomic E-state index is 5.81. The Bertz CT molecular complexity index is 366. The Kier molecular flexibility index (Phi) is 5.98. The maximum Gasteiger partial charge on any atom is 0.0429 e. The van der Waals surface area contributed by atoms with Gasteiger partial charge in [0.1, 0.15) is 0 Å². The summed E-state index contributed by atoms with van der Waals surface area (Å²) in [5.41, 5.74) is 5.67. The highest BCUT2D eigenvalue weighted by Crippen LogP contribution is 2.21. The predicted molar refractivity (Wildman–Crippen MR) is 83.0 cm³/mol. The summed E-state index contributed by atoms with van der Waals surface area (Å²) >= 11 is 0. The first-order chi connectivity index (χ1) is 8.95. The molecule has 1 rings (SSSR count). The topological polar surface area (TPSA) is 41.3 Å². The Morgan fingerprint density at radius 2 is 1.68 bits per heavy atom. The van der Waals surface area contributed by atoms with E-state index >= 15 is 0 Å². The zero-order chi connectivity index (χ0) is 14.5. The second-order valence-corrected chi connectivity index (χ2v) is 5.73. The van der Waals surface area contributed by atoms with Gasteiger partial charge in [-0.3, -0.25) is 16.2 Å². The van der Waals surface area contributed by atoms with E-state index in [-0.39, 0.29) is 11.6 Å². The normalized spacial score (nSPS) is 13.8. The number of nitrogens with zero attached hydrogens (tertiary/aromatic N) is 1. The van der Waals surface area contributed by atoms with Gasteiger partial charge in [0.2, 0.25) is 0 Å². The van der Waals surface area contributed by atoms with Gasteiger partial charge in [0, 0.05) is 11.6 Å². The van der Waals surface area contributed by atoms with Crippen molar-refractivity contribution in [1.82, 2.24) is 10.3 Å². The Hall–Kier alpha value is -0.900. The standard InChI is InChI=1S/C16H29N3/c1-6-19(7-2)16(4,5)15(18-17)12-14-10-8-13(3)9-11-14/h8-11,15,18H,6-7,12,17H2,1-5H3. The first-order valence-corrected chi connectivity index (χ1v) is 7.22. The molecule has 1 aromatic carbocycles. The van der Waals surface area contributed by atoms with Gasteiger partial charge in [-0.2, -0.15) is 0 Å². The van der Waals surface area contributed by atoms with Gasteiger partial charge in [0.15, 0.2) is 0 Å². The molecule has 3 N–H and O–H groups in total. The van der Waals surface area contributed by atoms with Gasteiger partial charge in [0.25, 0.3) is 0 Å². The number of nitrogens with two attached hydrogens (primary N) is 1. The number of benzene rings is 1. The monoisotopic (exact) mass is 263 g/mol. The Balaban J connectivity index is 2.84. The number of aryl methyl sites for hydroxylation is 1. The fourth-order valence-electron chi connectivity index (χ4n) is 2.73.